The fraction of sp³-hybridized carbons (Fsp3) is 0.333. The van der Waals surface area contributed by atoms with Crippen molar-refractivity contribution in [2.45, 2.75) is 26.7 Å². The van der Waals surface area contributed by atoms with Gasteiger partial charge in [-0.25, -0.2) is 0 Å². The van der Waals surface area contributed by atoms with Crippen LogP contribution in [0.2, 0.25) is 5.02 Å². The van der Waals surface area contributed by atoms with Crippen LogP contribution < -0.4 is 10.6 Å². The number of hydrogen-bond donors (Lipinski definition) is 2. The zero-order valence-electron chi connectivity index (χ0n) is 15.2. The Morgan fingerprint density at radius 1 is 0.923 bits per heavy atom. The Labute approximate surface area is 159 Å². The molecule has 0 aliphatic heterocycles. The molecular weight excluding hydrogens is 348 g/mol. The molecule has 0 aliphatic rings. The zero-order chi connectivity index (χ0) is 18.9. The van der Waals surface area contributed by atoms with Crippen molar-refractivity contribution < 1.29 is 9.59 Å². The summed E-state index contributed by atoms with van der Waals surface area (Å²) < 4.78 is 0. The van der Waals surface area contributed by atoms with Gasteiger partial charge in [-0.1, -0.05) is 37.6 Å². The van der Waals surface area contributed by atoms with E-state index in [4.69, 9.17) is 11.6 Å². The van der Waals surface area contributed by atoms with Crippen LogP contribution in [0.25, 0.3) is 0 Å². The summed E-state index contributed by atoms with van der Waals surface area (Å²) in [7, 11) is 0. The number of nitrogens with one attached hydrogen (secondary N) is 2. The fourth-order valence-electron chi connectivity index (χ4n) is 2.46. The van der Waals surface area contributed by atoms with Gasteiger partial charge in [0.25, 0.3) is 11.8 Å². The Hall–Kier alpha value is -2.33. The number of rotatable bonds is 8. The maximum Gasteiger partial charge on any atom is 0.251 e. The molecule has 0 saturated carbocycles. The van der Waals surface area contributed by atoms with E-state index < -0.39 is 0 Å². The largest absolute Gasteiger partial charge is 0.352 e. The Balaban J connectivity index is 1.81. The van der Waals surface area contributed by atoms with Gasteiger partial charge in [-0.2, -0.15) is 0 Å². The highest BCUT2D eigenvalue weighted by Gasteiger charge is 2.09. The monoisotopic (exact) mass is 372 g/mol. The summed E-state index contributed by atoms with van der Waals surface area (Å²) in [6.07, 6.45) is 1.65. The van der Waals surface area contributed by atoms with Gasteiger partial charge >= 0.3 is 0 Å². The van der Waals surface area contributed by atoms with Crippen molar-refractivity contribution in [2.75, 3.05) is 13.1 Å². The maximum atomic E-state index is 12.2. The van der Waals surface area contributed by atoms with Crippen LogP contribution in [-0.4, -0.2) is 24.9 Å². The third-order valence-corrected chi connectivity index (χ3v) is 4.24. The summed E-state index contributed by atoms with van der Waals surface area (Å²) in [6.45, 7) is 5.41. The van der Waals surface area contributed by atoms with Crippen molar-refractivity contribution in [3.63, 3.8) is 0 Å². The predicted octanol–water partition coefficient (Wildman–Crippen LogP) is 4.09. The van der Waals surface area contributed by atoms with E-state index in [1.54, 1.807) is 24.3 Å². The molecule has 4 nitrogen and oxygen atoms in total. The van der Waals surface area contributed by atoms with Gasteiger partial charge < -0.3 is 10.6 Å². The molecule has 0 aromatic heterocycles. The molecule has 0 atom stereocenters. The summed E-state index contributed by atoms with van der Waals surface area (Å²) in [5, 5.41) is 6.46. The van der Waals surface area contributed by atoms with E-state index in [0.29, 0.717) is 41.6 Å². The quantitative estimate of drug-likeness (QED) is 0.733. The molecule has 0 aliphatic carbocycles. The Kier molecular flexibility index (Phi) is 7.67. The minimum absolute atomic E-state index is 0.112. The van der Waals surface area contributed by atoms with Gasteiger partial charge in [-0.05, 0) is 60.7 Å². The van der Waals surface area contributed by atoms with E-state index in [-0.39, 0.29) is 11.8 Å². The van der Waals surface area contributed by atoms with Crippen LogP contribution in [-0.2, 0) is 6.42 Å². The molecule has 0 heterocycles. The number of carbonyl (C=O) groups excluding carboxylic acids is 2. The molecular formula is C21H25ClN2O2. The SMILES string of the molecule is CC(C)CCNC(=O)c1ccc(C(=O)NCCc2cccc(Cl)c2)cc1. The average molecular weight is 373 g/mol. The van der Waals surface area contributed by atoms with Gasteiger partial charge in [-0.3, -0.25) is 9.59 Å². The highest BCUT2D eigenvalue weighted by Crippen LogP contribution is 2.11. The minimum atomic E-state index is -0.154. The Morgan fingerprint density at radius 2 is 1.50 bits per heavy atom. The Bertz CT molecular complexity index is 742. The molecule has 26 heavy (non-hydrogen) atoms. The van der Waals surface area contributed by atoms with Crippen LogP contribution >= 0.6 is 11.6 Å². The van der Waals surface area contributed by atoms with Crippen molar-refractivity contribution in [1.29, 1.82) is 0 Å². The first kappa shape index (κ1) is 20.0. The highest BCUT2D eigenvalue weighted by atomic mass is 35.5. The van der Waals surface area contributed by atoms with E-state index in [0.717, 1.165) is 12.0 Å². The second-order valence-corrected chi connectivity index (χ2v) is 7.09. The summed E-state index contributed by atoms with van der Waals surface area (Å²) in [4.78, 5) is 24.2. The molecule has 2 N–H and O–H groups in total. The van der Waals surface area contributed by atoms with Gasteiger partial charge in [0.1, 0.15) is 0 Å². The zero-order valence-corrected chi connectivity index (χ0v) is 16.0. The summed E-state index contributed by atoms with van der Waals surface area (Å²) in [5.74, 6) is 0.283. The molecule has 2 aromatic carbocycles. The van der Waals surface area contributed by atoms with E-state index in [9.17, 15) is 9.59 Å². The maximum absolute atomic E-state index is 12.2. The number of halogens is 1. The molecule has 0 radical (unpaired) electrons. The van der Waals surface area contributed by atoms with Crippen LogP contribution in [0.15, 0.2) is 48.5 Å². The predicted molar refractivity (Wildman–Crippen MR) is 106 cm³/mol. The van der Waals surface area contributed by atoms with Gasteiger partial charge in [0.15, 0.2) is 0 Å². The lowest BCUT2D eigenvalue weighted by Gasteiger charge is -2.08. The summed E-state index contributed by atoms with van der Waals surface area (Å²) >= 11 is 5.95. The third kappa shape index (κ3) is 6.52. The normalized spacial score (nSPS) is 10.6. The number of benzene rings is 2. The summed E-state index contributed by atoms with van der Waals surface area (Å²) in [5.41, 5.74) is 2.17. The highest BCUT2D eigenvalue weighted by molar-refractivity contribution is 6.30. The molecule has 2 aromatic rings. The minimum Gasteiger partial charge on any atom is -0.352 e. The molecule has 2 rings (SSSR count). The van der Waals surface area contributed by atoms with Crippen molar-refractivity contribution in [3.8, 4) is 0 Å². The van der Waals surface area contributed by atoms with Crippen LogP contribution in [0.1, 0.15) is 46.5 Å². The molecule has 0 fully saturated rings. The second kappa shape index (κ2) is 9.97. The van der Waals surface area contributed by atoms with Crippen LogP contribution in [0.3, 0.4) is 0 Å². The van der Waals surface area contributed by atoms with Gasteiger partial charge in [0.05, 0.1) is 0 Å². The molecule has 2 amide bonds. The first-order valence-electron chi connectivity index (χ1n) is 8.86. The standard InChI is InChI=1S/C21H25ClN2O2/c1-15(2)10-12-23-20(25)17-6-8-18(9-7-17)21(26)24-13-11-16-4-3-5-19(22)14-16/h3-9,14-15H,10-13H2,1-2H3,(H,23,25)(H,24,26). The first-order valence-corrected chi connectivity index (χ1v) is 9.24. The lowest BCUT2D eigenvalue weighted by Crippen LogP contribution is -2.27. The van der Waals surface area contributed by atoms with Gasteiger partial charge in [-0.15, -0.1) is 0 Å². The van der Waals surface area contributed by atoms with E-state index in [1.165, 1.54) is 0 Å². The van der Waals surface area contributed by atoms with E-state index >= 15 is 0 Å². The fourth-order valence-corrected chi connectivity index (χ4v) is 2.68. The van der Waals surface area contributed by atoms with E-state index in [1.807, 2.05) is 24.3 Å². The first-order chi connectivity index (χ1) is 12.5. The molecule has 0 spiro atoms. The Morgan fingerprint density at radius 3 is 2.04 bits per heavy atom. The lowest BCUT2D eigenvalue weighted by molar-refractivity contribution is 0.0941. The van der Waals surface area contributed by atoms with Crippen molar-refractivity contribution in [3.05, 3.63) is 70.2 Å². The van der Waals surface area contributed by atoms with Crippen LogP contribution in [0.4, 0.5) is 0 Å². The van der Waals surface area contributed by atoms with Crippen molar-refractivity contribution >= 4 is 23.4 Å². The van der Waals surface area contributed by atoms with Crippen LogP contribution in [0.5, 0.6) is 0 Å². The lowest BCUT2D eigenvalue weighted by atomic mass is 10.1. The number of hydrogen-bond acceptors (Lipinski definition) is 2. The number of carbonyl (C=O) groups is 2. The molecule has 138 valence electrons. The number of amides is 2. The topological polar surface area (TPSA) is 58.2 Å². The second-order valence-electron chi connectivity index (χ2n) is 6.65. The smallest absolute Gasteiger partial charge is 0.251 e. The van der Waals surface area contributed by atoms with Crippen molar-refractivity contribution in [1.82, 2.24) is 10.6 Å². The van der Waals surface area contributed by atoms with Crippen LogP contribution in [0, 0.1) is 5.92 Å². The third-order valence-electron chi connectivity index (χ3n) is 4.00. The average Bonchev–Trinajstić information content (AvgIpc) is 2.61. The van der Waals surface area contributed by atoms with Crippen molar-refractivity contribution in [2.24, 2.45) is 5.92 Å². The van der Waals surface area contributed by atoms with Gasteiger partial charge in [0.2, 0.25) is 0 Å². The van der Waals surface area contributed by atoms with E-state index in [2.05, 4.69) is 24.5 Å². The van der Waals surface area contributed by atoms with Gasteiger partial charge in [0, 0.05) is 29.2 Å². The molecule has 0 bridgehead atoms. The molecule has 0 saturated heterocycles. The summed E-state index contributed by atoms with van der Waals surface area (Å²) in [6, 6.07) is 14.3. The molecule has 5 heteroatoms. The molecule has 0 unspecified atom stereocenters.